The van der Waals surface area contributed by atoms with Gasteiger partial charge in [0.05, 0.1) is 6.42 Å². The number of halogens is 2. The quantitative estimate of drug-likeness (QED) is 0.868. The second kappa shape index (κ2) is 5.44. The van der Waals surface area contributed by atoms with E-state index in [0.717, 1.165) is 25.0 Å². The summed E-state index contributed by atoms with van der Waals surface area (Å²) in [7, 11) is 0. The molecule has 98 valence electrons. The third kappa shape index (κ3) is 3.04. The molecular weight excluding hydrogens is 238 g/mol. The Morgan fingerprint density at radius 1 is 1.39 bits per heavy atom. The number of carbonyl (C=O) groups excluding carboxylic acids is 1. The van der Waals surface area contributed by atoms with E-state index in [0.29, 0.717) is 18.7 Å². The third-order valence-corrected chi connectivity index (χ3v) is 3.15. The van der Waals surface area contributed by atoms with E-state index in [1.807, 2.05) is 0 Å². The van der Waals surface area contributed by atoms with Gasteiger partial charge in [-0.25, -0.2) is 8.78 Å². The SMILES string of the molecule is NC1CCCN(C(=O)Cc2ccc(F)c(F)c2)C1. The summed E-state index contributed by atoms with van der Waals surface area (Å²) in [6.07, 6.45) is 1.91. The molecule has 1 aliphatic heterocycles. The van der Waals surface area contributed by atoms with Crippen molar-refractivity contribution in [1.82, 2.24) is 4.90 Å². The Balaban J connectivity index is 2.00. The molecule has 18 heavy (non-hydrogen) atoms. The summed E-state index contributed by atoms with van der Waals surface area (Å²) in [5.74, 6) is -1.90. The van der Waals surface area contributed by atoms with E-state index >= 15 is 0 Å². The smallest absolute Gasteiger partial charge is 0.227 e. The van der Waals surface area contributed by atoms with Gasteiger partial charge in [-0.1, -0.05) is 6.07 Å². The molecule has 0 bridgehead atoms. The van der Waals surface area contributed by atoms with Gasteiger partial charge in [0.1, 0.15) is 0 Å². The van der Waals surface area contributed by atoms with E-state index in [-0.39, 0.29) is 18.4 Å². The topological polar surface area (TPSA) is 46.3 Å². The van der Waals surface area contributed by atoms with Crippen molar-refractivity contribution in [2.24, 2.45) is 5.73 Å². The lowest BCUT2D eigenvalue weighted by Gasteiger charge is -2.30. The Morgan fingerprint density at radius 2 is 2.17 bits per heavy atom. The molecule has 1 saturated heterocycles. The van der Waals surface area contributed by atoms with Crippen LogP contribution in [0.2, 0.25) is 0 Å². The highest BCUT2D eigenvalue weighted by Crippen LogP contribution is 2.13. The van der Waals surface area contributed by atoms with Crippen LogP contribution in [0.15, 0.2) is 18.2 Å². The van der Waals surface area contributed by atoms with Crippen molar-refractivity contribution in [3.63, 3.8) is 0 Å². The molecule has 0 aliphatic carbocycles. The van der Waals surface area contributed by atoms with Gasteiger partial charge in [-0.05, 0) is 30.5 Å². The molecule has 3 nitrogen and oxygen atoms in total. The fourth-order valence-corrected chi connectivity index (χ4v) is 2.17. The number of amides is 1. The first-order valence-corrected chi connectivity index (χ1v) is 6.03. The first kappa shape index (κ1) is 13.0. The molecular formula is C13H16F2N2O. The van der Waals surface area contributed by atoms with Crippen LogP contribution in [-0.2, 0) is 11.2 Å². The Bertz CT molecular complexity index is 451. The summed E-state index contributed by atoms with van der Waals surface area (Å²) in [4.78, 5) is 13.7. The first-order chi connectivity index (χ1) is 8.56. The Kier molecular flexibility index (Phi) is 3.91. The summed E-state index contributed by atoms with van der Waals surface area (Å²) in [6, 6.07) is 3.56. The van der Waals surface area contributed by atoms with Gasteiger partial charge in [0.15, 0.2) is 11.6 Å². The van der Waals surface area contributed by atoms with Crippen molar-refractivity contribution in [2.75, 3.05) is 13.1 Å². The summed E-state index contributed by atoms with van der Waals surface area (Å²) < 4.78 is 25.8. The summed E-state index contributed by atoms with van der Waals surface area (Å²) in [6.45, 7) is 1.23. The molecule has 1 heterocycles. The molecule has 0 spiro atoms. The van der Waals surface area contributed by atoms with Gasteiger partial charge in [0.25, 0.3) is 0 Å². The number of rotatable bonds is 2. The van der Waals surface area contributed by atoms with Crippen LogP contribution in [-0.4, -0.2) is 29.9 Å². The standard InChI is InChI=1S/C13H16F2N2O/c14-11-4-3-9(6-12(11)15)7-13(18)17-5-1-2-10(16)8-17/h3-4,6,10H,1-2,5,7-8,16H2. The number of carbonyl (C=O) groups is 1. The molecule has 1 amide bonds. The molecule has 0 aromatic heterocycles. The highest BCUT2D eigenvalue weighted by molar-refractivity contribution is 5.78. The molecule has 1 aromatic carbocycles. The monoisotopic (exact) mass is 254 g/mol. The number of piperidine rings is 1. The fraction of sp³-hybridized carbons (Fsp3) is 0.462. The molecule has 2 N–H and O–H groups in total. The number of hydrogen-bond acceptors (Lipinski definition) is 2. The lowest BCUT2D eigenvalue weighted by atomic mass is 10.0. The molecule has 1 fully saturated rings. The molecule has 2 rings (SSSR count). The third-order valence-electron chi connectivity index (χ3n) is 3.15. The zero-order valence-electron chi connectivity index (χ0n) is 10.0. The molecule has 1 atom stereocenters. The first-order valence-electron chi connectivity index (χ1n) is 6.03. The predicted molar refractivity (Wildman–Crippen MR) is 63.9 cm³/mol. The Hall–Kier alpha value is -1.49. The molecule has 0 saturated carbocycles. The van der Waals surface area contributed by atoms with Crippen LogP contribution in [0.25, 0.3) is 0 Å². The second-order valence-electron chi connectivity index (χ2n) is 4.67. The minimum atomic E-state index is -0.921. The van der Waals surface area contributed by atoms with E-state index in [1.54, 1.807) is 4.90 Å². The molecule has 1 unspecified atom stereocenters. The molecule has 1 aliphatic rings. The van der Waals surface area contributed by atoms with Gasteiger partial charge >= 0.3 is 0 Å². The van der Waals surface area contributed by atoms with Crippen LogP contribution < -0.4 is 5.73 Å². The van der Waals surface area contributed by atoms with E-state index in [4.69, 9.17) is 5.73 Å². The zero-order valence-corrected chi connectivity index (χ0v) is 10.0. The van der Waals surface area contributed by atoms with Crippen molar-refractivity contribution in [2.45, 2.75) is 25.3 Å². The van der Waals surface area contributed by atoms with Crippen molar-refractivity contribution in [3.8, 4) is 0 Å². The maximum absolute atomic E-state index is 13.0. The van der Waals surface area contributed by atoms with Crippen molar-refractivity contribution in [3.05, 3.63) is 35.4 Å². The Labute approximate surface area is 105 Å². The van der Waals surface area contributed by atoms with Crippen molar-refractivity contribution in [1.29, 1.82) is 0 Å². The minimum absolute atomic E-state index is 0.0210. The molecule has 1 aromatic rings. The van der Waals surface area contributed by atoms with Crippen LogP contribution in [0.4, 0.5) is 8.78 Å². The second-order valence-corrected chi connectivity index (χ2v) is 4.67. The lowest BCUT2D eigenvalue weighted by molar-refractivity contribution is -0.131. The maximum atomic E-state index is 13.0. The lowest BCUT2D eigenvalue weighted by Crippen LogP contribution is -2.46. The van der Waals surface area contributed by atoms with E-state index in [2.05, 4.69) is 0 Å². The van der Waals surface area contributed by atoms with Crippen LogP contribution in [0.5, 0.6) is 0 Å². The zero-order chi connectivity index (χ0) is 13.1. The van der Waals surface area contributed by atoms with Gasteiger partial charge in [-0.3, -0.25) is 4.79 Å². The summed E-state index contributed by atoms with van der Waals surface area (Å²) >= 11 is 0. The molecule has 0 radical (unpaired) electrons. The minimum Gasteiger partial charge on any atom is -0.341 e. The van der Waals surface area contributed by atoms with Gasteiger partial charge in [-0.2, -0.15) is 0 Å². The van der Waals surface area contributed by atoms with Crippen molar-refractivity contribution < 1.29 is 13.6 Å². The van der Waals surface area contributed by atoms with E-state index in [1.165, 1.54) is 6.07 Å². The average molecular weight is 254 g/mol. The Morgan fingerprint density at radius 3 is 2.83 bits per heavy atom. The van der Waals surface area contributed by atoms with Gasteiger partial charge < -0.3 is 10.6 Å². The highest BCUT2D eigenvalue weighted by Gasteiger charge is 2.21. The number of nitrogens with two attached hydrogens (primary N) is 1. The highest BCUT2D eigenvalue weighted by atomic mass is 19.2. The van der Waals surface area contributed by atoms with Gasteiger partial charge in [0.2, 0.25) is 5.91 Å². The van der Waals surface area contributed by atoms with E-state index < -0.39 is 11.6 Å². The van der Waals surface area contributed by atoms with Crippen LogP contribution in [0.1, 0.15) is 18.4 Å². The predicted octanol–water partition coefficient (Wildman–Crippen LogP) is 1.46. The number of nitrogens with zero attached hydrogens (tertiary/aromatic N) is 1. The maximum Gasteiger partial charge on any atom is 0.227 e. The van der Waals surface area contributed by atoms with Crippen LogP contribution in [0, 0.1) is 11.6 Å². The number of hydrogen-bond donors (Lipinski definition) is 1. The number of likely N-dealkylation sites (tertiary alicyclic amines) is 1. The average Bonchev–Trinajstić information content (AvgIpc) is 2.34. The van der Waals surface area contributed by atoms with Crippen LogP contribution in [0.3, 0.4) is 0 Å². The van der Waals surface area contributed by atoms with Gasteiger partial charge in [0, 0.05) is 19.1 Å². The molecule has 5 heteroatoms. The van der Waals surface area contributed by atoms with E-state index in [9.17, 15) is 13.6 Å². The van der Waals surface area contributed by atoms with Gasteiger partial charge in [-0.15, -0.1) is 0 Å². The summed E-state index contributed by atoms with van der Waals surface area (Å²) in [5, 5.41) is 0. The normalized spacial score (nSPS) is 19.9. The largest absolute Gasteiger partial charge is 0.341 e. The van der Waals surface area contributed by atoms with Crippen LogP contribution >= 0.6 is 0 Å². The number of benzene rings is 1. The van der Waals surface area contributed by atoms with Crippen molar-refractivity contribution >= 4 is 5.91 Å². The fourth-order valence-electron chi connectivity index (χ4n) is 2.17. The summed E-state index contributed by atoms with van der Waals surface area (Å²) in [5.41, 5.74) is 6.28.